The van der Waals surface area contributed by atoms with Gasteiger partial charge in [-0.3, -0.25) is 9.59 Å². The summed E-state index contributed by atoms with van der Waals surface area (Å²) in [4.78, 5) is 37.0. The molecular formula is C18H12O6. The molecule has 1 unspecified atom stereocenters. The molecule has 6 nitrogen and oxygen atoms in total. The molecule has 24 heavy (non-hydrogen) atoms. The first kappa shape index (κ1) is 14.4. The Morgan fingerprint density at radius 1 is 1.12 bits per heavy atom. The predicted octanol–water partition coefficient (Wildman–Crippen LogP) is 2.50. The quantitative estimate of drug-likeness (QED) is 0.639. The number of ether oxygens (including phenoxy) is 1. The van der Waals surface area contributed by atoms with Crippen LogP contribution in [0.2, 0.25) is 0 Å². The monoisotopic (exact) mass is 324 g/mol. The largest absolute Gasteiger partial charge is 0.464 e. The van der Waals surface area contributed by atoms with Crippen LogP contribution in [0.4, 0.5) is 0 Å². The van der Waals surface area contributed by atoms with Crippen molar-refractivity contribution in [3.8, 4) is 5.75 Å². The molecule has 4 rings (SSSR count). The number of hydrogen-bond acceptors (Lipinski definition) is 6. The molecule has 1 aliphatic heterocycles. The normalized spacial score (nSPS) is 16.7. The first-order chi connectivity index (χ1) is 11.5. The lowest BCUT2D eigenvalue weighted by molar-refractivity contribution is -0.135. The summed E-state index contributed by atoms with van der Waals surface area (Å²) in [6.07, 6.45) is 1.18. The minimum Gasteiger partial charge on any atom is -0.464 e. The Bertz CT molecular complexity index is 1090. The summed E-state index contributed by atoms with van der Waals surface area (Å²) >= 11 is 0. The molecule has 0 saturated heterocycles. The molecule has 0 amide bonds. The number of hydrogen-bond donors (Lipinski definition) is 0. The van der Waals surface area contributed by atoms with E-state index in [1.54, 1.807) is 31.2 Å². The highest BCUT2D eigenvalue weighted by Crippen LogP contribution is 2.36. The molecule has 3 aromatic rings. The van der Waals surface area contributed by atoms with Gasteiger partial charge in [-0.2, -0.15) is 0 Å². The fourth-order valence-electron chi connectivity index (χ4n) is 3.02. The van der Waals surface area contributed by atoms with Gasteiger partial charge in [0.1, 0.15) is 17.1 Å². The Morgan fingerprint density at radius 3 is 2.75 bits per heavy atom. The van der Waals surface area contributed by atoms with Crippen LogP contribution in [0, 0.1) is 6.92 Å². The zero-order valence-electron chi connectivity index (χ0n) is 12.7. The Kier molecular flexibility index (Phi) is 3.13. The Labute approximate surface area is 135 Å². The minimum absolute atomic E-state index is 0.121. The van der Waals surface area contributed by atoms with E-state index in [2.05, 4.69) is 0 Å². The molecule has 0 saturated carbocycles. The molecule has 120 valence electrons. The number of benzene rings is 1. The molecule has 0 radical (unpaired) electrons. The topological polar surface area (TPSA) is 86.7 Å². The zero-order valence-corrected chi connectivity index (χ0v) is 12.7. The zero-order chi connectivity index (χ0) is 16.8. The predicted molar refractivity (Wildman–Crippen MR) is 84.3 cm³/mol. The van der Waals surface area contributed by atoms with Crippen molar-refractivity contribution in [3.63, 3.8) is 0 Å². The van der Waals surface area contributed by atoms with Crippen LogP contribution >= 0.6 is 0 Å². The van der Waals surface area contributed by atoms with Gasteiger partial charge in [0, 0.05) is 17.5 Å². The van der Waals surface area contributed by atoms with Gasteiger partial charge < -0.3 is 13.6 Å². The highest BCUT2D eigenvalue weighted by atomic mass is 16.5. The van der Waals surface area contributed by atoms with E-state index in [0.29, 0.717) is 16.7 Å². The third-order valence-corrected chi connectivity index (χ3v) is 4.10. The van der Waals surface area contributed by atoms with Crippen molar-refractivity contribution in [2.45, 2.75) is 19.3 Å². The lowest BCUT2D eigenvalue weighted by Crippen LogP contribution is -2.29. The molecule has 0 aliphatic carbocycles. The van der Waals surface area contributed by atoms with Crippen LogP contribution in [0.3, 0.4) is 0 Å². The van der Waals surface area contributed by atoms with Crippen LogP contribution < -0.4 is 15.8 Å². The molecule has 0 spiro atoms. The first-order valence-electron chi connectivity index (χ1n) is 7.40. The van der Waals surface area contributed by atoms with Gasteiger partial charge in [0.15, 0.2) is 5.43 Å². The van der Waals surface area contributed by atoms with Gasteiger partial charge in [-0.1, -0.05) is 12.1 Å². The first-order valence-corrected chi connectivity index (χ1v) is 7.40. The van der Waals surface area contributed by atoms with E-state index in [9.17, 15) is 14.4 Å². The fourth-order valence-corrected chi connectivity index (χ4v) is 3.02. The summed E-state index contributed by atoms with van der Waals surface area (Å²) < 4.78 is 15.8. The molecule has 1 aliphatic rings. The third kappa shape index (κ3) is 2.15. The van der Waals surface area contributed by atoms with E-state index in [-0.39, 0.29) is 28.7 Å². The van der Waals surface area contributed by atoms with Crippen LogP contribution in [0.1, 0.15) is 29.2 Å². The lowest BCUT2D eigenvalue weighted by atomic mass is 9.87. The molecule has 0 fully saturated rings. The van der Waals surface area contributed by atoms with Gasteiger partial charge in [-0.25, -0.2) is 4.79 Å². The van der Waals surface area contributed by atoms with Crippen molar-refractivity contribution in [2.24, 2.45) is 0 Å². The van der Waals surface area contributed by atoms with E-state index in [0.717, 1.165) is 0 Å². The van der Waals surface area contributed by atoms with E-state index in [4.69, 9.17) is 13.6 Å². The Morgan fingerprint density at radius 2 is 1.92 bits per heavy atom. The molecule has 3 heterocycles. The number of carbonyl (C=O) groups is 1. The van der Waals surface area contributed by atoms with Crippen molar-refractivity contribution < 1.29 is 18.4 Å². The highest BCUT2D eigenvalue weighted by molar-refractivity contribution is 5.79. The number of carbonyl (C=O) groups excluding carboxylic acids is 1. The minimum atomic E-state index is -0.751. The maximum Gasteiger partial charge on any atom is 0.343 e. The van der Waals surface area contributed by atoms with Crippen molar-refractivity contribution in [2.75, 3.05) is 0 Å². The van der Waals surface area contributed by atoms with E-state index >= 15 is 0 Å². The Hall–Kier alpha value is -3.15. The molecule has 1 atom stereocenters. The number of para-hydroxylation sites is 1. The SMILES string of the molecule is Cc1cc2c(c(=O)o1)C(c1coc3ccccc3c1=O)CC(=O)O2. The number of fused-ring (bicyclic) bond motifs is 2. The summed E-state index contributed by atoms with van der Waals surface area (Å²) in [6, 6.07) is 8.29. The number of rotatable bonds is 1. The average Bonchev–Trinajstić information content (AvgIpc) is 2.54. The number of esters is 1. The summed E-state index contributed by atoms with van der Waals surface area (Å²) in [5, 5.41) is 0.395. The van der Waals surface area contributed by atoms with Gasteiger partial charge in [-0.15, -0.1) is 0 Å². The van der Waals surface area contributed by atoms with Gasteiger partial charge in [-0.05, 0) is 19.1 Å². The molecule has 0 bridgehead atoms. The van der Waals surface area contributed by atoms with Crippen LogP contribution in [0.5, 0.6) is 5.75 Å². The van der Waals surface area contributed by atoms with E-state index in [1.165, 1.54) is 12.3 Å². The second-order valence-corrected chi connectivity index (χ2v) is 5.67. The standard InChI is InChI=1S/C18H12O6/c1-9-6-14-16(18(21)23-9)11(7-15(19)24-14)12-8-22-13-5-3-2-4-10(13)17(12)20/h2-6,8,11H,7H2,1H3. The molecule has 1 aromatic carbocycles. The van der Waals surface area contributed by atoms with Crippen LogP contribution in [0.15, 0.2) is 55.0 Å². The van der Waals surface area contributed by atoms with Crippen molar-refractivity contribution >= 4 is 16.9 Å². The Balaban J connectivity index is 1.99. The van der Waals surface area contributed by atoms with Gasteiger partial charge in [0.05, 0.1) is 23.6 Å². The summed E-state index contributed by atoms with van der Waals surface area (Å²) in [7, 11) is 0. The third-order valence-electron chi connectivity index (χ3n) is 4.10. The van der Waals surface area contributed by atoms with E-state index in [1.807, 2.05) is 0 Å². The molecule has 0 N–H and O–H groups in total. The van der Waals surface area contributed by atoms with Crippen LogP contribution in [-0.4, -0.2) is 5.97 Å². The summed E-state index contributed by atoms with van der Waals surface area (Å²) in [5.74, 6) is -0.792. The maximum atomic E-state index is 12.8. The van der Waals surface area contributed by atoms with Crippen LogP contribution in [-0.2, 0) is 4.79 Å². The number of aryl methyl sites for hydroxylation is 1. The second-order valence-electron chi connectivity index (χ2n) is 5.67. The van der Waals surface area contributed by atoms with Crippen LogP contribution in [0.25, 0.3) is 11.0 Å². The summed E-state index contributed by atoms with van der Waals surface area (Å²) in [5.41, 5.74) is -0.0381. The second kappa shape index (κ2) is 5.19. The van der Waals surface area contributed by atoms with E-state index < -0.39 is 17.5 Å². The average molecular weight is 324 g/mol. The fraction of sp³-hybridized carbons (Fsp3) is 0.167. The maximum absolute atomic E-state index is 12.8. The highest BCUT2D eigenvalue weighted by Gasteiger charge is 2.34. The van der Waals surface area contributed by atoms with Gasteiger partial charge >= 0.3 is 11.6 Å². The smallest absolute Gasteiger partial charge is 0.343 e. The molecule has 2 aromatic heterocycles. The molecular weight excluding hydrogens is 312 g/mol. The molecule has 6 heteroatoms. The van der Waals surface area contributed by atoms with Crippen molar-refractivity contribution in [1.29, 1.82) is 0 Å². The van der Waals surface area contributed by atoms with Crippen molar-refractivity contribution in [3.05, 3.63) is 74.1 Å². The lowest BCUT2D eigenvalue weighted by Gasteiger charge is -2.22. The van der Waals surface area contributed by atoms with Gasteiger partial charge in [0.25, 0.3) is 0 Å². The van der Waals surface area contributed by atoms with Crippen molar-refractivity contribution in [1.82, 2.24) is 0 Å². The van der Waals surface area contributed by atoms with Gasteiger partial charge in [0.2, 0.25) is 0 Å². The summed E-state index contributed by atoms with van der Waals surface area (Å²) in [6.45, 7) is 1.59.